The van der Waals surface area contributed by atoms with Gasteiger partial charge in [-0.2, -0.15) is 4.89 Å². The molecule has 26 heavy (non-hydrogen) atoms. The fourth-order valence-electron chi connectivity index (χ4n) is 2.62. The number of aromatic nitrogens is 4. The van der Waals surface area contributed by atoms with Gasteiger partial charge in [-0.05, 0) is 34.9 Å². The van der Waals surface area contributed by atoms with Gasteiger partial charge >= 0.3 is 5.63 Å². The minimum Gasteiger partial charge on any atom is -0.418 e. The average molecular weight is 358 g/mol. The first-order chi connectivity index (χ1) is 12.6. The average Bonchev–Trinajstić information content (AvgIpc) is 3.15. The molecule has 0 aliphatic heterocycles. The Balaban J connectivity index is 1.64. The third-order valence-corrected chi connectivity index (χ3v) is 3.98. The number of para-hydroxylation sites is 1. The summed E-state index contributed by atoms with van der Waals surface area (Å²) in [7, 11) is 0. The molecular weight excluding hydrogens is 336 g/mol. The van der Waals surface area contributed by atoms with Crippen LogP contribution in [0.1, 0.15) is 39.5 Å². The van der Waals surface area contributed by atoms with Gasteiger partial charge in [-0.15, -0.1) is 5.10 Å². The van der Waals surface area contributed by atoms with Crippen molar-refractivity contribution in [2.75, 3.05) is 6.61 Å². The fraction of sp³-hybridized carbons (Fsp3) is 0.444. The molecule has 0 amide bonds. The third-order valence-electron chi connectivity index (χ3n) is 3.98. The van der Waals surface area contributed by atoms with E-state index < -0.39 is 5.63 Å². The number of rotatable bonds is 9. The van der Waals surface area contributed by atoms with Gasteiger partial charge in [0.1, 0.15) is 5.56 Å². The quantitative estimate of drug-likeness (QED) is 0.270. The number of benzene rings is 1. The third kappa shape index (κ3) is 4.45. The molecule has 8 heteroatoms. The van der Waals surface area contributed by atoms with Crippen molar-refractivity contribution < 1.29 is 14.2 Å². The normalized spacial score (nSPS) is 11.3. The summed E-state index contributed by atoms with van der Waals surface area (Å²) in [6.07, 6.45) is 4.42. The number of nitrogens with zero attached hydrogens (tertiary/aromatic N) is 3. The van der Waals surface area contributed by atoms with Crippen molar-refractivity contribution in [3.63, 3.8) is 0 Å². The molecule has 138 valence electrons. The van der Waals surface area contributed by atoms with Crippen LogP contribution in [0.2, 0.25) is 0 Å². The molecule has 2 heterocycles. The Morgan fingerprint density at radius 2 is 2.12 bits per heavy atom. The summed E-state index contributed by atoms with van der Waals surface area (Å²) < 4.78 is 5.39. The second-order valence-electron chi connectivity index (χ2n) is 6.52. The molecule has 2 aromatic heterocycles. The van der Waals surface area contributed by atoms with Crippen LogP contribution in [0.5, 0.6) is 5.75 Å². The standard InChI is InChI=1S/C18H22N4O4/c1-12(2)7-4-3-5-10-24-26-15-9-6-8-13-11-14(17-19-21-22-20-17)18(23)25-16(13)15/h6,8-9,11-12H,3-5,7,10H2,1-2H3,(H,19,20,21,22). The van der Waals surface area contributed by atoms with Gasteiger partial charge in [-0.1, -0.05) is 45.2 Å². The summed E-state index contributed by atoms with van der Waals surface area (Å²) in [5, 5.41) is 13.9. The van der Waals surface area contributed by atoms with Crippen LogP contribution in [0.25, 0.3) is 22.4 Å². The molecule has 0 radical (unpaired) electrons. The van der Waals surface area contributed by atoms with Crippen molar-refractivity contribution in [1.29, 1.82) is 0 Å². The molecule has 0 bridgehead atoms. The van der Waals surface area contributed by atoms with E-state index in [0.29, 0.717) is 23.3 Å². The van der Waals surface area contributed by atoms with Gasteiger partial charge in [0, 0.05) is 5.39 Å². The Morgan fingerprint density at radius 1 is 1.23 bits per heavy atom. The molecule has 0 spiro atoms. The van der Waals surface area contributed by atoms with Crippen LogP contribution in [0, 0.1) is 5.92 Å². The van der Waals surface area contributed by atoms with Crippen LogP contribution in [0.4, 0.5) is 0 Å². The number of unbranched alkanes of at least 4 members (excludes halogenated alkanes) is 2. The van der Waals surface area contributed by atoms with E-state index in [1.54, 1.807) is 18.2 Å². The zero-order valence-corrected chi connectivity index (χ0v) is 14.9. The van der Waals surface area contributed by atoms with E-state index in [9.17, 15) is 4.79 Å². The van der Waals surface area contributed by atoms with Crippen LogP contribution in [-0.2, 0) is 4.89 Å². The lowest BCUT2D eigenvalue weighted by Gasteiger charge is -2.08. The van der Waals surface area contributed by atoms with Crippen molar-refractivity contribution in [2.45, 2.75) is 39.5 Å². The predicted molar refractivity (Wildman–Crippen MR) is 95.5 cm³/mol. The van der Waals surface area contributed by atoms with Crippen molar-refractivity contribution in [2.24, 2.45) is 5.92 Å². The highest BCUT2D eigenvalue weighted by Crippen LogP contribution is 2.26. The van der Waals surface area contributed by atoms with Crippen LogP contribution in [-0.4, -0.2) is 27.2 Å². The summed E-state index contributed by atoms with van der Waals surface area (Å²) in [5.74, 6) is 1.34. The second-order valence-corrected chi connectivity index (χ2v) is 6.52. The molecule has 0 saturated heterocycles. The smallest absolute Gasteiger partial charge is 0.347 e. The minimum atomic E-state index is -0.555. The molecule has 8 nitrogen and oxygen atoms in total. The number of hydrogen-bond donors (Lipinski definition) is 1. The van der Waals surface area contributed by atoms with Gasteiger partial charge in [0.25, 0.3) is 0 Å². The van der Waals surface area contributed by atoms with E-state index in [1.165, 1.54) is 12.8 Å². The highest BCUT2D eigenvalue weighted by atomic mass is 17.2. The maximum absolute atomic E-state index is 12.2. The molecule has 3 rings (SSSR count). The Kier molecular flexibility index (Phi) is 5.96. The number of fused-ring (bicyclic) bond motifs is 1. The molecule has 0 saturated carbocycles. The maximum atomic E-state index is 12.2. The topological polar surface area (TPSA) is 103 Å². The van der Waals surface area contributed by atoms with E-state index in [1.807, 2.05) is 6.07 Å². The maximum Gasteiger partial charge on any atom is 0.347 e. The molecule has 3 aromatic rings. The summed E-state index contributed by atoms with van der Waals surface area (Å²) in [6.45, 7) is 4.93. The lowest BCUT2D eigenvalue weighted by molar-refractivity contribution is -0.206. The number of tetrazole rings is 1. The largest absolute Gasteiger partial charge is 0.418 e. The SMILES string of the molecule is CC(C)CCCCCOOc1cccc2cc(-c3nnn[nH]3)c(=O)oc12. The van der Waals surface area contributed by atoms with E-state index in [2.05, 4.69) is 34.5 Å². The Bertz CT molecular complexity index is 890. The second kappa shape index (κ2) is 8.57. The minimum absolute atomic E-state index is 0.254. The van der Waals surface area contributed by atoms with Crippen molar-refractivity contribution >= 4 is 11.0 Å². The van der Waals surface area contributed by atoms with Crippen LogP contribution >= 0.6 is 0 Å². The van der Waals surface area contributed by atoms with Crippen LogP contribution in [0.15, 0.2) is 33.5 Å². The highest BCUT2D eigenvalue weighted by molar-refractivity contribution is 5.85. The molecule has 0 aliphatic carbocycles. The van der Waals surface area contributed by atoms with Crippen molar-refractivity contribution in [3.8, 4) is 17.1 Å². The van der Waals surface area contributed by atoms with Crippen LogP contribution < -0.4 is 10.5 Å². The molecular formula is C18H22N4O4. The van der Waals surface area contributed by atoms with Crippen LogP contribution in [0.3, 0.4) is 0 Å². The van der Waals surface area contributed by atoms with Crippen molar-refractivity contribution in [1.82, 2.24) is 20.6 Å². The Labute approximate surface area is 150 Å². The fourth-order valence-corrected chi connectivity index (χ4v) is 2.62. The lowest BCUT2D eigenvalue weighted by Crippen LogP contribution is -2.05. The zero-order chi connectivity index (χ0) is 18.4. The Hall–Kier alpha value is -2.74. The molecule has 0 fully saturated rings. The lowest BCUT2D eigenvalue weighted by atomic mass is 10.1. The highest BCUT2D eigenvalue weighted by Gasteiger charge is 2.14. The van der Waals surface area contributed by atoms with E-state index in [0.717, 1.165) is 18.8 Å². The molecule has 0 atom stereocenters. The monoisotopic (exact) mass is 358 g/mol. The number of H-pyrrole nitrogens is 1. The van der Waals surface area contributed by atoms with E-state index in [4.69, 9.17) is 14.2 Å². The van der Waals surface area contributed by atoms with Gasteiger partial charge in [0.2, 0.25) is 5.75 Å². The van der Waals surface area contributed by atoms with Gasteiger partial charge in [0.15, 0.2) is 11.4 Å². The molecule has 0 aliphatic rings. The first kappa shape index (κ1) is 18.1. The first-order valence-corrected chi connectivity index (χ1v) is 8.75. The number of aromatic amines is 1. The summed E-state index contributed by atoms with van der Waals surface area (Å²) in [5.41, 5.74) is 0.0278. The summed E-state index contributed by atoms with van der Waals surface area (Å²) in [6, 6.07) is 6.96. The van der Waals surface area contributed by atoms with E-state index in [-0.39, 0.29) is 11.4 Å². The number of hydrogen-bond acceptors (Lipinski definition) is 7. The van der Waals surface area contributed by atoms with Crippen molar-refractivity contribution in [3.05, 3.63) is 34.7 Å². The molecule has 0 unspecified atom stereocenters. The van der Waals surface area contributed by atoms with Gasteiger partial charge in [0.05, 0.1) is 6.61 Å². The van der Waals surface area contributed by atoms with Gasteiger partial charge in [-0.25, -0.2) is 9.89 Å². The van der Waals surface area contributed by atoms with E-state index >= 15 is 0 Å². The number of nitrogens with one attached hydrogen (secondary N) is 1. The summed E-state index contributed by atoms with van der Waals surface area (Å²) in [4.78, 5) is 22.8. The first-order valence-electron chi connectivity index (χ1n) is 8.75. The zero-order valence-electron chi connectivity index (χ0n) is 14.9. The molecule has 1 N–H and O–H groups in total. The summed E-state index contributed by atoms with van der Waals surface area (Å²) >= 11 is 0. The predicted octanol–water partition coefficient (Wildman–Crippen LogP) is 3.50. The van der Waals surface area contributed by atoms with Gasteiger partial charge < -0.3 is 9.30 Å². The Morgan fingerprint density at radius 3 is 2.88 bits per heavy atom. The molecule has 1 aromatic carbocycles. The van der Waals surface area contributed by atoms with Gasteiger partial charge in [-0.3, -0.25) is 0 Å².